The normalized spacial score (nSPS) is 16.8. The van der Waals surface area contributed by atoms with Gasteiger partial charge in [0.15, 0.2) is 0 Å². The van der Waals surface area contributed by atoms with E-state index in [1.807, 2.05) is 79.7 Å². The smallest absolute Gasteiger partial charge is 0.415 e. The Morgan fingerprint density at radius 2 is 1.74 bits per heavy atom. The van der Waals surface area contributed by atoms with E-state index in [4.69, 9.17) is 13.9 Å². The number of rotatable bonds is 9. The predicted octanol–water partition coefficient (Wildman–Crippen LogP) is 5.76. The molecule has 2 atom stereocenters. The fourth-order valence-corrected chi connectivity index (χ4v) is 4.76. The molecule has 4 aromatic rings. The monoisotopic (exact) mass is 510 g/mol. The molecule has 1 fully saturated rings. The zero-order valence-electron chi connectivity index (χ0n) is 21.3. The summed E-state index contributed by atoms with van der Waals surface area (Å²) in [6.45, 7) is 3.21. The molecule has 1 aliphatic heterocycles. The van der Waals surface area contributed by atoms with Crippen molar-refractivity contribution in [1.82, 2.24) is 9.88 Å². The van der Waals surface area contributed by atoms with Gasteiger partial charge < -0.3 is 23.6 Å². The van der Waals surface area contributed by atoms with E-state index in [1.54, 1.807) is 17.0 Å². The molecule has 1 aliphatic rings. The summed E-state index contributed by atoms with van der Waals surface area (Å²) >= 11 is 0. The first-order chi connectivity index (χ1) is 18.6. The van der Waals surface area contributed by atoms with Crippen molar-refractivity contribution in [3.05, 3.63) is 102 Å². The van der Waals surface area contributed by atoms with Gasteiger partial charge in [-0.2, -0.15) is 0 Å². The summed E-state index contributed by atoms with van der Waals surface area (Å²) in [6.07, 6.45) is 1.81. The average molecular weight is 511 g/mol. The SMILES string of the molecule is Cc1oc(-c2ccccc2)nc1CCOc1cccc(C[C@@H]2CN(C(=O)Oc3ccccc3)C[C@H]2C=O)c1. The molecule has 1 saturated heterocycles. The van der Waals surface area contributed by atoms with E-state index < -0.39 is 6.09 Å². The van der Waals surface area contributed by atoms with Crippen LogP contribution >= 0.6 is 0 Å². The molecule has 1 aromatic heterocycles. The van der Waals surface area contributed by atoms with Gasteiger partial charge in [-0.3, -0.25) is 0 Å². The number of aromatic nitrogens is 1. The lowest BCUT2D eigenvalue weighted by Gasteiger charge is -2.16. The number of hydrogen-bond acceptors (Lipinski definition) is 6. The molecule has 0 radical (unpaired) electrons. The molecule has 1 amide bonds. The molecule has 3 aromatic carbocycles. The maximum absolute atomic E-state index is 12.6. The number of ether oxygens (including phenoxy) is 2. The van der Waals surface area contributed by atoms with E-state index >= 15 is 0 Å². The molecule has 0 unspecified atom stereocenters. The van der Waals surface area contributed by atoms with Gasteiger partial charge in [-0.25, -0.2) is 9.78 Å². The number of benzene rings is 3. The van der Waals surface area contributed by atoms with Crippen LogP contribution < -0.4 is 9.47 Å². The molecular formula is C31H30N2O5. The molecule has 194 valence electrons. The molecule has 2 heterocycles. The fourth-order valence-electron chi connectivity index (χ4n) is 4.76. The number of aldehydes is 1. The zero-order valence-corrected chi connectivity index (χ0v) is 21.3. The van der Waals surface area contributed by atoms with E-state index in [-0.39, 0.29) is 11.8 Å². The van der Waals surface area contributed by atoms with Crippen molar-refractivity contribution in [3.8, 4) is 23.0 Å². The maximum Gasteiger partial charge on any atom is 0.415 e. The Morgan fingerprint density at radius 1 is 1.00 bits per heavy atom. The second-order valence-corrected chi connectivity index (χ2v) is 9.48. The minimum Gasteiger partial charge on any atom is -0.493 e. The minimum atomic E-state index is -0.429. The quantitative estimate of drug-likeness (QED) is 0.266. The van der Waals surface area contributed by atoms with Crippen LogP contribution in [0.15, 0.2) is 89.3 Å². The molecule has 0 bridgehead atoms. The van der Waals surface area contributed by atoms with Crippen LogP contribution in [-0.2, 0) is 17.6 Å². The fraction of sp³-hybridized carbons (Fsp3) is 0.258. The minimum absolute atomic E-state index is 0.0141. The number of aryl methyl sites for hydroxylation is 1. The predicted molar refractivity (Wildman–Crippen MR) is 143 cm³/mol. The summed E-state index contributed by atoms with van der Waals surface area (Å²) in [5, 5.41) is 0. The van der Waals surface area contributed by atoms with Crippen molar-refractivity contribution in [3.63, 3.8) is 0 Å². The Balaban J connectivity index is 1.16. The van der Waals surface area contributed by atoms with Crippen molar-refractivity contribution >= 4 is 12.4 Å². The molecule has 7 heteroatoms. The second-order valence-electron chi connectivity index (χ2n) is 9.48. The first-order valence-corrected chi connectivity index (χ1v) is 12.8. The van der Waals surface area contributed by atoms with Gasteiger partial charge in [-0.15, -0.1) is 0 Å². The lowest BCUT2D eigenvalue weighted by molar-refractivity contribution is -0.111. The summed E-state index contributed by atoms with van der Waals surface area (Å²) in [6, 6.07) is 26.7. The Labute approximate surface area is 222 Å². The number of oxazole rings is 1. The van der Waals surface area contributed by atoms with E-state index in [2.05, 4.69) is 4.98 Å². The number of para-hydroxylation sites is 1. The highest BCUT2D eigenvalue weighted by molar-refractivity contribution is 5.72. The van der Waals surface area contributed by atoms with Crippen LogP contribution in [0.1, 0.15) is 17.0 Å². The molecule has 0 N–H and O–H groups in total. The van der Waals surface area contributed by atoms with Crippen LogP contribution in [0.3, 0.4) is 0 Å². The molecule has 0 spiro atoms. The summed E-state index contributed by atoms with van der Waals surface area (Å²) in [5.41, 5.74) is 2.88. The third kappa shape index (κ3) is 6.11. The van der Waals surface area contributed by atoms with Gasteiger partial charge in [0.05, 0.1) is 12.3 Å². The second kappa shape index (κ2) is 11.8. The number of carbonyl (C=O) groups is 2. The van der Waals surface area contributed by atoms with E-state index in [1.165, 1.54) is 0 Å². The summed E-state index contributed by atoms with van der Waals surface area (Å²) in [4.78, 5) is 30.7. The van der Waals surface area contributed by atoms with Gasteiger partial charge in [0.1, 0.15) is 23.5 Å². The van der Waals surface area contributed by atoms with E-state index in [0.29, 0.717) is 44.2 Å². The van der Waals surface area contributed by atoms with Gasteiger partial charge in [0.25, 0.3) is 0 Å². The Morgan fingerprint density at radius 3 is 2.50 bits per heavy atom. The summed E-state index contributed by atoms with van der Waals surface area (Å²) in [7, 11) is 0. The molecule has 5 rings (SSSR count). The molecular weight excluding hydrogens is 480 g/mol. The number of amides is 1. The molecule has 7 nitrogen and oxygen atoms in total. The van der Waals surface area contributed by atoms with Crippen molar-refractivity contribution < 1.29 is 23.5 Å². The molecule has 38 heavy (non-hydrogen) atoms. The third-order valence-corrected chi connectivity index (χ3v) is 6.79. The Bertz CT molecular complexity index is 1370. The van der Waals surface area contributed by atoms with Gasteiger partial charge >= 0.3 is 6.09 Å². The Hall–Kier alpha value is -4.39. The number of nitrogens with zero attached hydrogens (tertiary/aromatic N) is 2. The maximum atomic E-state index is 12.6. The third-order valence-electron chi connectivity index (χ3n) is 6.79. The van der Waals surface area contributed by atoms with Crippen LogP contribution in [0.5, 0.6) is 11.5 Å². The van der Waals surface area contributed by atoms with E-state index in [9.17, 15) is 9.59 Å². The lowest BCUT2D eigenvalue weighted by Crippen LogP contribution is -2.32. The van der Waals surface area contributed by atoms with Crippen molar-refractivity contribution in [2.24, 2.45) is 11.8 Å². The number of likely N-dealkylation sites (tertiary alicyclic amines) is 1. The van der Waals surface area contributed by atoms with Gasteiger partial charge in [0.2, 0.25) is 5.89 Å². The standard InChI is InChI=1S/C31H30N2O5/c1-22-29(32-30(37-22)24-10-4-2-5-11-24)15-16-36-28-14-8-9-23(18-28)17-25-19-33(20-26(25)21-34)31(35)38-27-12-6-3-7-13-27/h2-14,18,21,25-26H,15-17,19-20H2,1H3/t25-,26+/m1/s1. The van der Waals surface area contributed by atoms with Crippen LogP contribution in [0, 0.1) is 18.8 Å². The van der Waals surface area contributed by atoms with Crippen LogP contribution in [0.25, 0.3) is 11.5 Å². The Kier molecular flexibility index (Phi) is 7.83. The lowest BCUT2D eigenvalue weighted by atomic mass is 9.91. The first kappa shape index (κ1) is 25.3. The number of hydrogen-bond donors (Lipinski definition) is 0. The van der Waals surface area contributed by atoms with Gasteiger partial charge in [0, 0.05) is 31.0 Å². The van der Waals surface area contributed by atoms with Crippen LogP contribution in [0.4, 0.5) is 4.79 Å². The average Bonchev–Trinajstić information content (AvgIpc) is 3.53. The number of carbonyl (C=O) groups excluding carboxylic acids is 2. The highest BCUT2D eigenvalue weighted by atomic mass is 16.6. The van der Waals surface area contributed by atoms with Crippen LogP contribution in [0.2, 0.25) is 0 Å². The van der Waals surface area contributed by atoms with Crippen molar-refractivity contribution in [2.75, 3.05) is 19.7 Å². The molecule has 0 saturated carbocycles. The van der Waals surface area contributed by atoms with E-state index in [0.717, 1.165) is 34.6 Å². The first-order valence-electron chi connectivity index (χ1n) is 12.8. The molecule has 0 aliphatic carbocycles. The summed E-state index contributed by atoms with van der Waals surface area (Å²) in [5.74, 6) is 2.43. The topological polar surface area (TPSA) is 81.9 Å². The highest BCUT2D eigenvalue weighted by Crippen LogP contribution is 2.28. The zero-order chi connectivity index (χ0) is 26.3. The van der Waals surface area contributed by atoms with Crippen molar-refractivity contribution in [1.29, 1.82) is 0 Å². The van der Waals surface area contributed by atoms with Crippen LogP contribution in [-0.4, -0.2) is 42.0 Å². The van der Waals surface area contributed by atoms with Crippen molar-refractivity contribution in [2.45, 2.75) is 19.8 Å². The van der Waals surface area contributed by atoms with Gasteiger partial charge in [-0.1, -0.05) is 48.5 Å². The highest BCUT2D eigenvalue weighted by Gasteiger charge is 2.36. The van der Waals surface area contributed by atoms with Gasteiger partial charge in [-0.05, 0) is 61.2 Å². The largest absolute Gasteiger partial charge is 0.493 e. The summed E-state index contributed by atoms with van der Waals surface area (Å²) < 4.78 is 17.3.